The van der Waals surface area contributed by atoms with Crippen LogP contribution in [-0.2, 0) is 22.4 Å². The van der Waals surface area contributed by atoms with E-state index < -0.39 is 11.8 Å². The highest BCUT2D eigenvalue weighted by Gasteiger charge is 2.27. The minimum Gasteiger partial charge on any atom is -0.481 e. The minimum atomic E-state index is -0.808. The van der Waals surface area contributed by atoms with Gasteiger partial charge < -0.3 is 41.2 Å². The molecule has 4 aromatic rings. The smallest absolute Gasteiger partial charge is 0.321 e. The van der Waals surface area contributed by atoms with Crippen molar-refractivity contribution >= 4 is 40.9 Å². The van der Waals surface area contributed by atoms with Crippen molar-refractivity contribution in [3.63, 3.8) is 0 Å². The van der Waals surface area contributed by atoms with E-state index in [4.69, 9.17) is 10.8 Å². The van der Waals surface area contributed by atoms with E-state index in [1.807, 2.05) is 47.4 Å². The predicted octanol–water partition coefficient (Wildman–Crippen LogP) is 3.75. The van der Waals surface area contributed by atoms with Gasteiger partial charge in [0.15, 0.2) is 11.6 Å². The van der Waals surface area contributed by atoms with Crippen LogP contribution in [0, 0.1) is 11.7 Å². The second-order valence-corrected chi connectivity index (χ2v) is 12.1. The molecule has 3 amide bonds. The number of para-hydroxylation sites is 1. The zero-order chi connectivity index (χ0) is 35.3. The van der Waals surface area contributed by atoms with Crippen molar-refractivity contribution in [2.24, 2.45) is 11.7 Å². The van der Waals surface area contributed by atoms with Crippen LogP contribution < -0.4 is 26.2 Å². The number of carbonyl (C=O) groups is 3. The summed E-state index contributed by atoms with van der Waals surface area (Å²) in [4.78, 5) is 55.2. The number of aryl methyl sites for hydroxylation is 1. The molecule has 4 heterocycles. The second kappa shape index (κ2) is 17.6. The summed E-state index contributed by atoms with van der Waals surface area (Å²) in [5.74, 6) is -1.58. The van der Waals surface area contributed by atoms with Crippen LogP contribution in [0.3, 0.4) is 0 Å². The van der Waals surface area contributed by atoms with Gasteiger partial charge in [0.1, 0.15) is 6.33 Å². The molecule has 6 N–H and O–H groups in total. The van der Waals surface area contributed by atoms with E-state index >= 15 is 0 Å². The third-order valence-corrected chi connectivity index (χ3v) is 8.66. The number of aromatic amines is 1. The van der Waals surface area contributed by atoms with E-state index in [0.717, 1.165) is 42.9 Å². The van der Waals surface area contributed by atoms with Gasteiger partial charge in [0, 0.05) is 81.9 Å². The number of aliphatic carboxylic acids is 1. The number of piperazine rings is 1. The zero-order valence-corrected chi connectivity index (χ0v) is 27.8. The highest BCUT2D eigenvalue weighted by Crippen LogP contribution is 2.26. The third kappa shape index (κ3) is 10.1. The van der Waals surface area contributed by atoms with Gasteiger partial charge in [0.25, 0.3) is 0 Å². The Labute approximate surface area is 289 Å². The van der Waals surface area contributed by atoms with E-state index in [2.05, 4.69) is 47.6 Å². The second-order valence-electron chi connectivity index (χ2n) is 12.1. The number of hydrogen-bond donors (Lipinski definition) is 5. The maximum atomic E-state index is 14.7. The number of H-pyrrole nitrogens is 1. The number of carbonyl (C=O) groups excluding carboxylic acids is 2. The van der Waals surface area contributed by atoms with Crippen LogP contribution in [0.25, 0.3) is 0 Å². The number of hydrogen-bond acceptors (Lipinski definition) is 9. The summed E-state index contributed by atoms with van der Waals surface area (Å²) in [6.45, 7) is 4.52. The Hall–Kier alpha value is -5.73. The molecular weight excluding hydrogens is 643 g/mol. The summed E-state index contributed by atoms with van der Waals surface area (Å²) in [6, 6.07) is 17.4. The van der Waals surface area contributed by atoms with Crippen LogP contribution in [0.15, 0.2) is 73.4 Å². The fraction of sp³-hybridized carbons (Fsp3) is 0.371. The van der Waals surface area contributed by atoms with Crippen molar-refractivity contribution in [2.45, 2.75) is 32.1 Å². The maximum absolute atomic E-state index is 14.7. The van der Waals surface area contributed by atoms with Crippen LogP contribution in [0.1, 0.15) is 30.5 Å². The van der Waals surface area contributed by atoms with Crippen molar-refractivity contribution in [1.29, 1.82) is 0 Å². The fourth-order valence-electron chi connectivity index (χ4n) is 5.86. The topological polar surface area (TPSA) is 186 Å². The molecule has 0 aliphatic carbocycles. The Balaban J connectivity index is 0.000000195. The molecule has 1 unspecified atom stereocenters. The predicted molar refractivity (Wildman–Crippen MR) is 189 cm³/mol. The summed E-state index contributed by atoms with van der Waals surface area (Å²) in [5, 5.41) is 14.6. The molecule has 2 saturated heterocycles. The van der Waals surface area contributed by atoms with Gasteiger partial charge >= 0.3 is 12.0 Å². The molecule has 0 spiro atoms. The number of rotatable bonds is 11. The number of imidazole rings is 1. The first-order valence-electron chi connectivity index (χ1n) is 16.7. The van der Waals surface area contributed by atoms with Crippen LogP contribution in [0.2, 0.25) is 0 Å². The SMILES string of the molecule is NC(=O)C1CCCN(c2ncnc(NCCc3cnc[nH]3)c2F)C1.O=C(O)CCc1ccc(NC(=O)N2CCN(c3ccccc3)CC2)cc1. The molecule has 2 aromatic carbocycles. The molecule has 14 nitrogen and oxygen atoms in total. The summed E-state index contributed by atoms with van der Waals surface area (Å²) in [6.07, 6.45) is 7.43. The number of carboxylic acids is 1. The first-order chi connectivity index (χ1) is 24.3. The number of aromatic nitrogens is 4. The lowest BCUT2D eigenvalue weighted by Crippen LogP contribution is -2.50. The molecule has 2 fully saturated rings. The number of anilines is 4. The molecule has 2 aliphatic heterocycles. The Kier molecular flexibility index (Phi) is 12.5. The lowest BCUT2D eigenvalue weighted by Gasteiger charge is -2.36. The molecule has 2 aliphatic rings. The number of piperidine rings is 1. The number of halogens is 1. The average molecular weight is 687 g/mol. The Bertz CT molecular complexity index is 1680. The van der Waals surface area contributed by atoms with E-state index in [9.17, 15) is 18.8 Å². The van der Waals surface area contributed by atoms with Crippen LogP contribution in [0.4, 0.5) is 32.2 Å². The molecular formula is C35H43FN10O4. The van der Waals surface area contributed by atoms with Gasteiger partial charge in [-0.1, -0.05) is 30.3 Å². The summed E-state index contributed by atoms with van der Waals surface area (Å²) < 4.78 is 14.7. The van der Waals surface area contributed by atoms with E-state index in [-0.39, 0.29) is 35.9 Å². The number of nitrogens with two attached hydrogens (primary N) is 1. The van der Waals surface area contributed by atoms with Gasteiger partial charge in [-0.3, -0.25) is 9.59 Å². The molecule has 6 rings (SSSR count). The minimum absolute atomic E-state index is 0.101. The van der Waals surface area contributed by atoms with Gasteiger partial charge in [-0.2, -0.15) is 4.39 Å². The van der Waals surface area contributed by atoms with Gasteiger partial charge in [0.2, 0.25) is 11.7 Å². The molecule has 1 atom stereocenters. The lowest BCUT2D eigenvalue weighted by molar-refractivity contribution is -0.137. The highest BCUT2D eigenvalue weighted by atomic mass is 19.1. The van der Waals surface area contributed by atoms with Crippen LogP contribution in [-0.4, -0.2) is 93.7 Å². The van der Waals surface area contributed by atoms with Crippen molar-refractivity contribution < 1.29 is 23.9 Å². The van der Waals surface area contributed by atoms with E-state index in [0.29, 0.717) is 45.6 Å². The Morgan fingerprint density at radius 1 is 0.960 bits per heavy atom. The number of urea groups is 1. The van der Waals surface area contributed by atoms with Gasteiger partial charge in [-0.25, -0.2) is 19.7 Å². The van der Waals surface area contributed by atoms with Crippen molar-refractivity contribution in [1.82, 2.24) is 24.8 Å². The standard InChI is InChI=1S/C20H23N3O3.C15H20FN7O/c24-19(25)11-8-16-6-9-17(10-7-16)21-20(26)23-14-12-22(13-15-23)18-4-2-1-3-5-18;16-12-14(19-4-3-11-6-18-8-20-11)21-9-22-15(12)23-5-1-2-10(7-23)13(17)24/h1-7,9-10H,8,11-15H2,(H,21,26)(H,24,25);6,8-10H,1-5,7H2,(H2,17,24)(H,18,20)(H,19,21,22). The molecule has 0 saturated carbocycles. The Morgan fingerprint density at radius 3 is 2.40 bits per heavy atom. The van der Waals surface area contributed by atoms with Crippen LogP contribution in [0.5, 0.6) is 0 Å². The van der Waals surface area contributed by atoms with Gasteiger partial charge in [-0.05, 0) is 49.1 Å². The van der Waals surface area contributed by atoms with Gasteiger partial charge in [-0.15, -0.1) is 0 Å². The van der Waals surface area contributed by atoms with Crippen molar-refractivity contribution in [3.05, 3.63) is 90.5 Å². The molecule has 264 valence electrons. The number of primary amides is 1. The monoisotopic (exact) mass is 686 g/mol. The van der Waals surface area contributed by atoms with E-state index in [1.165, 1.54) is 12.0 Å². The number of carboxylic acid groups (broad SMARTS) is 1. The fourth-order valence-corrected chi connectivity index (χ4v) is 5.86. The summed E-state index contributed by atoms with van der Waals surface area (Å²) in [5.41, 5.74) is 9.18. The maximum Gasteiger partial charge on any atom is 0.321 e. The number of nitrogens with one attached hydrogen (secondary N) is 3. The summed E-state index contributed by atoms with van der Waals surface area (Å²) >= 11 is 0. The van der Waals surface area contributed by atoms with Gasteiger partial charge in [0.05, 0.1) is 12.2 Å². The molecule has 15 heteroatoms. The number of benzene rings is 2. The number of amides is 3. The zero-order valence-electron chi connectivity index (χ0n) is 27.8. The van der Waals surface area contributed by atoms with Crippen LogP contribution >= 0.6 is 0 Å². The largest absolute Gasteiger partial charge is 0.481 e. The first kappa shape index (κ1) is 35.6. The quantitative estimate of drug-likeness (QED) is 0.156. The van der Waals surface area contributed by atoms with Crippen molar-refractivity contribution in [3.8, 4) is 0 Å². The number of nitrogens with zero attached hydrogens (tertiary/aromatic N) is 6. The lowest BCUT2D eigenvalue weighted by atomic mass is 9.97. The molecule has 0 bridgehead atoms. The normalized spacial score (nSPS) is 15.9. The molecule has 50 heavy (non-hydrogen) atoms. The summed E-state index contributed by atoms with van der Waals surface area (Å²) in [7, 11) is 0. The molecule has 0 radical (unpaired) electrons. The average Bonchev–Trinajstić information content (AvgIpc) is 3.66. The van der Waals surface area contributed by atoms with E-state index in [1.54, 1.807) is 17.4 Å². The van der Waals surface area contributed by atoms with Crippen molar-refractivity contribution in [2.75, 3.05) is 66.2 Å². The third-order valence-electron chi connectivity index (χ3n) is 8.66. The molecule has 2 aromatic heterocycles. The first-order valence-corrected chi connectivity index (χ1v) is 16.7. The Morgan fingerprint density at radius 2 is 1.72 bits per heavy atom. The highest BCUT2D eigenvalue weighted by molar-refractivity contribution is 5.89.